The van der Waals surface area contributed by atoms with E-state index >= 15 is 0 Å². The van der Waals surface area contributed by atoms with Gasteiger partial charge in [0, 0.05) is 20.5 Å². The fourth-order valence-electron chi connectivity index (χ4n) is 2.82. The van der Waals surface area contributed by atoms with Crippen molar-refractivity contribution in [3.63, 3.8) is 0 Å². The van der Waals surface area contributed by atoms with Crippen molar-refractivity contribution in [1.82, 2.24) is 10.2 Å². The predicted molar refractivity (Wildman–Crippen MR) is 108 cm³/mol. The van der Waals surface area contributed by atoms with Gasteiger partial charge in [-0.3, -0.25) is 9.59 Å². The normalized spacial score (nSPS) is 11.4. The van der Waals surface area contributed by atoms with Crippen molar-refractivity contribution in [2.45, 2.75) is 32.9 Å². The number of benzene rings is 2. The SMILES string of the molecule is CC(=O)NC(CC(=O)N(C)Cc1ccc(OCC(=O)O)cc1)c1ccc(C)cc1. The summed E-state index contributed by atoms with van der Waals surface area (Å²) in [5.41, 5.74) is 2.87. The largest absolute Gasteiger partial charge is 0.482 e. The van der Waals surface area contributed by atoms with Crippen LogP contribution in [-0.4, -0.2) is 41.4 Å². The molecule has 0 aliphatic rings. The second-order valence-electron chi connectivity index (χ2n) is 6.94. The lowest BCUT2D eigenvalue weighted by atomic mass is 10.0. The van der Waals surface area contributed by atoms with Crippen LogP contribution in [0.5, 0.6) is 5.75 Å². The Bertz CT molecular complexity index is 847. The fourth-order valence-corrected chi connectivity index (χ4v) is 2.82. The number of nitrogens with one attached hydrogen (secondary N) is 1. The zero-order valence-corrected chi connectivity index (χ0v) is 16.8. The van der Waals surface area contributed by atoms with Gasteiger partial charge in [-0.05, 0) is 30.2 Å². The van der Waals surface area contributed by atoms with Gasteiger partial charge in [0.25, 0.3) is 0 Å². The molecule has 2 aromatic carbocycles. The lowest BCUT2D eigenvalue weighted by Gasteiger charge is -2.23. The van der Waals surface area contributed by atoms with Crippen LogP contribution in [-0.2, 0) is 20.9 Å². The third-order valence-electron chi connectivity index (χ3n) is 4.37. The van der Waals surface area contributed by atoms with Crippen LogP contribution in [0.15, 0.2) is 48.5 Å². The molecule has 0 fully saturated rings. The minimum atomic E-state index is -1.04. The fraction of sp³-hybridized carbons (Fsp3) is 0.318. The summed E-state index contributed by atoms with van der Waals surface area (Å²) >= 11 is 0. The quantitative estimate of drug-likeness (QED) is 0.677. The van der Waals surface area contributed by atoms with Crippen molar-refractivity contribution >= 4 is 17.8 Å². The molecule has 154 valence electrons. The summed E-state index contributed by atoms with van der Waals surface area (Å²) in [6.07, 6.45) is 0.152. The number of carbonyl (C=O) groups excluding carboxylic acids is 2. The van der Waals surface area contributed by atoms with Crippen molar-refractivity contribution in [1.29, 1.82) is 0 Å². The molecular weight excluding hydrogens is 372 g/mol. The molecule has 0 bridgehead atoms. The Morgan fingerprint density at radius 2 is 1.69 bits per heavy atom. The van der Waals surface area contributed by atoms with Crippen molar-refractivity contribution in [3.05, 3.63) is 65.2 Å². The highest BCUT2D eigenvalue weighted by Gasteiger charge is 2.19. The highest BCUT2D eigenvalue weighted by molar-refractivity contribution is 5.79. The Balaban J connectivity index is 1.99. The van der Waals surface area contributed by atoms with E-state index in [2.05, 4.69) is 5.32 Å². The molecule has 0 saturated carbocycles. The standard InChI is InChI=1S/C22H26N2O5/c1-15-4-8-18(9-5-15)20(23-16(2)25)12-21(26)24(3)13-17-6-10-19(11-7-17)29-14-22(27)28/h4-11,20H,12-14H2,1-3H3,(H,23,25)(H,27,28). The number of aliphatic carboxylic acids is 1. The number of amides is 2. The average molecular weight is 398 g/mol. The molecule has 1 atom stereocenters. The van der Waals surface area contributed by atoms with Gasteiger partial charge in [0.15, 0.2) is 6.61 Å². The lowest BCUT2D eigenvalue weighted by molar-refractivity contribution is -0.139. The van der Waals surface area contributed by atoms with E-state index in [4.69, 9.17) is 9.84 Å². The first-order chi connectivity index (χ1) is 13.7. The van der Waals surface area contributed by atoms with Crippen LogP contribution >= 0.6 is 0 Å². The third-order valence-corrected chi connectivity index (χ3v) is 4.37. The highest BCUT2D eigenvalue weighted by atomic mass is 16.5. The molecular formula is C22H26N2O5. The zero-order chi connectivity index (χ0) is 21.4. The van der Waals surface area contributed by atoms with Crippen LogP contribution < -0.4 is 10.1 Å². The Morgan fingerprint density at radius 1 is 1.07 bits per heavy atom. The highest BCUT2D eigenvalue weighted by Crippen LogP contribution is 2.20. The van der Waals surface area contributed by atoms with E-state index < -0.39 is 18.6 Å². The molecule has 2 aromatic rings. The molecule has 7 heteroatoms. The summed E-state index contributed by atoms with van der Waals surface area (Å²) in [4.78, 5) is 36.4. The van der Waals surface area contributed by atoms with Crippen LogP contribution in [0.1, 0.15) is 36.1 Å². The molecule has 0 heterocycles. The van der Waals surface area contributed by atoms with E-state index in [-0.39, 0.29) is 18.2 Å². The molecule has 0 spiro atoms. The zero-order valence-electron chi connectivity index (χ0n) is 16.8. The number of carbonyl (C=O) groups is 3. The minimum Gasteiger partial charge on any atom is -0.482 e. The summed E-state index contributed by atoms with van der Waals surface area (Å²) in [6, 6.07) is 14.2. The maximum atomic E-state index is 12.7. The van der Waals surface area contributed by atoms with Crippen LogP contribution in [0, 0.1) is 6.92 Å². The molecule has 2 N–H and O–H groups in total. The Kier molecular flexibility index (Phi) is 7.77. The Hall–Kier alpha value is -3.35. The summed E-state index contributed by atoms with van der Waals surface area (Å²) in [6.45, 7) is 3.40. The van der Waals surface area contributed by atoms with Crippen LogP contribution in [0.25, 0.3) is 0 Å². The first-order valence-corrected chi connectivity index (χ1v) is 9.25. The molecule has 0 aromatic heterocycles. The van der Waals surface area contributed by atoms with Crippen LogP contribution in [0.4, 0.5) is 0 Å². The third kappa shape index (κ3) is 7.29. The molecule has 29 heavy (non-hydrogen) atoms. The molecule has 2 amide bonds. The number of rotatable bonds is 9. The van der Waals surface area contributed by atoms with Crippen molar-refractivity contribution in [2.24, 2.45) is 0 Å². The van der Waals surface area contributed by atoms with Crippen molar-refractivity contribution < 1.29 is 24.2 Å². The van der Waals surface area contributed by atoms with Gasteiger partial charge >= 0.3 is 5.97 Å². The smallest absolute Gasteiger partial charge is 0.341 e. The van der Waals surface area contributed by atoms with Gasteiger partial charge in [-0.1, -0.05) is 42.0 Å². The molecule has 1 unspecified atom stereocenters. The van der Waals surface area contributed by atoms with Crippen molar-refractivity contribution in [3.8, 4) is 5.75 Å². The topological polar surface area (TPSA) is 95.9 Å². The predicted octanol–water partition coefficient (Wildman–Crippen LogP) is 2.68. The average Bonchev–Trinajstić information content (AvgIpc) is 2.67. The number of ether oxygens (including phenoxy) is 1. The summed E-state index contributed by atoms with van der Waals surface area (Å²) in [5, 5.41) is 11.5. The molecule has 2 rings (SSSR count). The number of nitrogens with zero attached hydrogens (tertiary/aromatic N) is 1. The van der Waals surface area contributed by atoms with Gasteiger partial charge in [0.2, 0.25) is 11.8 Å². The van der Waals surface area contributed by atoms with Crippen molar-refractivity contribution in [2.75, 3.05) is 13.7 Å². The number of carboxylic acids is 1. The van der Waals surface area contributed by atoms with E-state index in [9.17, 15) is 14.4 Å². The number of aryl methyl sites for hydroxylation is 1. The lowest BCUT2D eigenvalue weighted by Crippen LogP contribution is -2.33. The molecule has 0 aliphatic carbocycles. The van der Waals surface area contributed by atoms with E-state index in [0.717, 1.165) is 16.7 Å². The number of carboxylic acid groups (broad SMARTS) is 1. The molecule has 7 nitrogen and oxygen atoms in total. The second kappa shape index (κ2) is 10.3. The summed E-state index contributed by atoms with van der Waals surface area (Å²) in [5.74, 6) is -0.879. The molecule has 0 radical (unpaired) electrons. The number of hydrogen-bond donors (Lipinski definition) is 2. The minimum absolute atomic E-state index is 0.101. The van der Waals surface area contributed by atoms with Gasteiger partial charge < -0.3 is 20.1 Å². The maximum absolute atomic E-state index is 12.7. The first kappa shape index (κ1) is 21.9. The summed E-state index contributed by atoms with van der Waals surface area (Å²) in [7, 11) is 1.71. The monoisotopic (exact) mass is 398 g/mol. The molecule has 0 saturated heterocycles. The van der Waals surface area contributed by atoms with Gasteiger partial charge in [-0.15, -0.1) is 0 Å². The van der Waals surface area contributed by atoms with E-state index in [1.807, 2.05) is 31.2 Å². The second-order valence-corrected chi connectivity index (χ2v) is 6.94. The van der Waals surface area contributed by atoms with Crippen LogP contribution in [0.3, 0.4) is 0 Å². The maximum Gasteiger partial charge on any atom is 0.341 e. The van der Waals surface area contributed by atoms with Gasteiger partial charge in [-0.25, -0.2) is 4.79 Å². The molecule has 0 aliphatic heterocycles. The Labute approximate surface area is 170 Å². The van der Waals surface area contributed by atoms with E-state index in [1.165, 1.54) is 6.92 Å². The van der Waals surface area contributed by atoms with E-state index in [1.54, 1.807) is 36.2 Å². The first-order valence-electron chi connectivity index (χ1n) is 9.25. The Morgan fingerprint density at radius 3 is 2.24 bits per heavy atom. The van der Waals surface area contributed by atoms with Gasteiger partial charge in [0.1, 0.15) is 5.75 Å². The van der Waals surface area contributed by atoms with Crippen LogP contribution in [0.2, 0.25) is 0 Å². The summed E-state index contributed by atoms with van der Waals surface area (Å²) < 4.78 is 5.10. The van der Waals surface area contributed by atoms with Gasteiger partial charge in [-0.2, -0.15) is 0 Å². The van der Waals surface area contributed by atoms with Gasteiger partial charge in [0.05, 0.1) is 12.5 Å². The van der Waals surface area contributed by atoms with E-state index in [0.29, 0.717) is 12.3 Å². The number of hydrogen-bond acceptors (Lipinski definition) is 4.